The fourth-order valence-corrected chi connectivity index (χ4v) is 3.03. The molecule has 0 aromatic heterocycles. The second-order valence-electron chi connectivity index (χ2n) is 6.56. The van der Waals surface area contributed by atoms with Crippen LogP contribution in [0.5, 0.6) is 0 Å². The first kappa shape index (κ1) is 17.8. The average Bonchev–Trinajstić information content (AvgIpc) is 2.24. The Morgan fingerprint density at radius 1 is 1.00 bits per heavy atom. The Labute approximate surface area is 129 Å². The van der Waals surface area contributed by atoms with Crippen LogP contribution in [0.3, 0.4) is 0 Å². The number of rotatable bonds is 8. The molecule has 0 aliphatic rings. The maximum absolute atomic E-state index is 11.3. The molecule has 1 rings (SSSR count). The van der Waals surface area contributed by atoms with E-state index in [2.05, 4.69) is 37.7 Å². The molecule has 2 N–H and O–H groups in total. The van der Waals surface area contributed by atoms with Crippen molar-refractivity contribution in [2.24, 2.45) is 11.8 Å². The normalized spacial score (nSPS) is 12.2. The van der Waals surface area contributed by atoms with Gasteiger partial charge in [0.2, 0.25) is 10.0 Å². The lowest BCUT2D eigenvalue weighted by atomic mass is 9.95. The van der Waals surface area contributed by atoms with Crippen LogP contribution in [0, 0.1) is 11.8 Å². The lowest BCUT2D eigenvalue weighted by Gasteiger charge is -2.24. The molecule has 21 heavy (non-hydrogen) atoms. The molecule has 0 amide bonds. The number of hydrogen-bond acceptors (Lipinski definition) is 3. The summed E-state index contributed by atoms with van der Waals surface area (Å²) in [6, 6.07) is 7.83. The Hall–Kier alpha value is -1.23. The summed E-state index contributed by atoms with van der Waals surface area (Å²) in [5.41, 5.74) is 1.55. The summed E-state index contributed by atoms with van der Waals surface area (Å²) in [4.78, 5) is 0. The minimum atomic E-state index is -3.24. The molecule has 1 aromatic rings. The van der Waals surface area contributed by atoms with Crippen LogP contribution >= 0.6 is 0 Å². The first-order valence-electron chi connectivity index (χ1n) is 7.50. The van der Waals surface area contributed by atoms with Gasteiger partial charge in [0.25, 0.3) is 0 Å². The van der Waals surface area contributed by atoms with E-state index in [1.807, 2.05) is 18.2 Å². The first-order valence-corrected chi connectivity index (χ1v) is 9.39. The molecule has 0 aliphatic heterocycles. The Morgan fingerprint density at radius 3 is 2.00 bits per heavy atom. The Kier molecular flexibility index (Phi) is 6.52. The second kappa shape index (κ2) is 7.69. The lowest BCUT2D eigenvalue weighted by Crippen LogP contribution is -2.23. The van der Waals surface area contributed by atoms with Crippen LogP contribution in [0.1, 0.15) is 40.5 Å². The van der Waals surface area contributed by atoms with E-state index < -0.39 is 10.0 Å². The zero-order valence-corrected chi connectivity index (χ0v) is 14.5. The van der Waals surface area contributed by atoms with Crippen molar-refractivity contribution in [3.8, 4) is 0 Å². The Bertz CT molecular complexity index is 529. The van der Waals surface area contributed by atoms with E-state index >= 15 is 0 Å². The van der Waals surface area contributed by atoms with Gasteiger partial charge in [-0.2, -0.15) is 0 Å². The molecule has 0 radical (unpaired) electrons. The molecule has 0 unspecified atom stereocenters. The van der Waals surface area contributed by atoms with Crippen molar-refractivity contribution in [1.29, 1.82) is 0 Å². The third-order valence-electron chi connectivity index (χ3n) is 3.05. The van der Waals surface area contributed by atoms with Crippen molar-refractivity contribution in [2.75, 3.05) is 16.3 Å². The minimum Gasteiger partial charge on any atom is -0.382 e. The Morgan fingerprint density at radius 2 is 1.52 bits per heavy atom. The molecule has 0 aliphatic carbocycles. The molecular weight excluding hydrogens is 284 g/mol. The van der Waals surface area contributed by atoms with Crippen molar-refractivity contribution in [1.82, 2.24) is 0 Å². The zero-order valence-electron chi connectivity index (χ0n) is 13.7. The summed E-state index contributed by atoms with van der Waals surface area (Å²) in [7, 11) is -3.24. The molecule has 0 fully saturated rings. The smallest absolute Gasteiger partial charge is 0.229 e. The highest BCUT2D eigenvalue weighted by Gasteiger charge is 2.13. The van der Waals surface area contributed by atoms with E-state index in [-0.39, 0.29) is 0 Å². The van der Waals surface area contributed by atoms with Crippen LogP contribution in [0.25, 0.3) is 0 Å². The van der Waals surface area contributed by atoms with Gasteiger partial charge in [-0.3, -0.25) is 4.72 Å². The van der Waals surface area contributed by atoms with Crippen molar-refractivity contribution in [2.45, 2.75) is 46.6 Å². The first-order chi connectivity index (χ1) is 9.65. The summed E-state index contributed by atoms with van der Waals surface area (Å²) >= 11 is 0. The molecule has 120 valence electrons. The number of benzene rings is 1. The fourth-order valence-electron chi connectivity index (χ4n) is 2.47. The topological polar surface area (TPSA) is 58.2 Å². The van der Waals surface area contributed by atoms with Crippen LogP contribution < -0.4 is 10.0 Å². The molecule has 0 saturated heterocycles. The van der Waals surface area contributed by atoms with Crippen LogP contribution in [0.4, 0.5) is 11.4 Å². The highest BCUT2D eigenvalue weighted by Crippen LogP contribution is 2.21. The van der Waals surface area contributed by atoms with Crippen molar-refractivity contribution >= 4 is 21.4 Å². The molecular formula is C16H28N2O2S. The average molecular weight is 312 g/mol. The standard InChI is InChI=1S/C16H28N2O2S/c1-12(2)9-16(10-13(3)4)17-14-7-6-8-15(11-14)18-21(5,19)20/h6-8,11-13,16-18H,9-10H2,1-5H3. The number of anilines is 2. The van der Waals surface area contributed by atoms with Crippen LogP contribution in [-0.4, -0.2) is 20.7 Å². The molecule has 0 heterocycles. The number of nitrogens with one attached hydrogen (secondary N) is 2. The van der Waals surface area contributed by atoms with Crippen molar-refractivity contribution in [3.63, 3.8) is 0 Å². The summed E-state index contributed by atoms with van der Waals surface area (Å²) < 4.78 is 25.1. The molecule has 5 heteroatoms. The third-order valence-corrected chi connectivity index (χ3v) is 3.65. The van der Waals surface area contributed by atoms with Crippen molar-refractivity contribution < 1.29 is 8.42 Å². The van der Waals surface area contributed by atoms with Gasteiger partial charge >= 0.3 is 0 Å². The summed E-state index contributed by atoms with van der Waals surface area (Å²) in [6.07, 6.45) is 3.36. The number of sulfonamides is 1. The highest BCUT2D eigenvalue weighted by atomic mass is 32.2. The van der Waals surface area contributed by atoms with E-state index in [0.29, 0.717) is 23.6 Å². The molecule has 1 aromatic carbocycles. The summed E-state index contributed by atoms with van der Waals surface area (Å²) in [5, 5.41) is 3.53. The van der Waals surface area contributed by atoms with Gasteiger partial charge in [0.15, 0.2) is 0 Å². The molecule has 0 atom stereocenters. The second-order valence-corrected chi connectivity index (χ2v) is 8.30. The quantitative estimate of drug-likeness (QED) is 0.764. The van der Waals surface area contributed by atoms with Gasteiger partial charge in [-0.25, -0.2) is 8.42 Å². The molecule has 4 nitrogen and oxygen atoms in total. The summed E-state index contributed by atoms with van der Waals surface area (Å²) in [6.45, 7) is 8.88. The maximum atomic E-state index is 11.3. The van der Waals surface area contributed by atoms with Gasteiger partial charge in [-0.1, -0.05) is 33.8 Å². The fraction of sp³-hybridized carbons (Fsp3) is 0.625. The highest BCUT2D eigenvalue weighted by molar-refractivity contribution is 7.92. The molecule has 0 bridgehead atoms. The molecule has 0 saturated carbocycles. The molecule has 0 spiro atoms. The predicted octanol–water partition coefficient (Wildman–Crippen LogP) is 3.93. The monoisotopic (exact) mass is 312 g/mol. The van der Waals surface area contributed by atoms with E-state index in [9.17, 15) is 8.42 Å². The van der Waals surface area contributed by atoms with E-state index in [1.165, 1.54) is 0 Å². The van der Waals surface area contributed by atoms with Gasteiger partial charge in [-0.05, 0) is 42.9 Å². The SMILES string of the molecule is CC(C)CC(CC(C)C)Nc1cccc(NS(C)(=O)=O)c1. The van der Waals surface area contributed by atoms with Crippen LogP contribution in [0.2, 0.25) is 0 Å². The van der Waals surface area contributed by atoms with E-state index in [4.69, 9.17) is 0 Å². The van der Waals surface area contributed by atoms with Crippen LogP contribution in [0.15, 0.2) is 24.3 Å². The van der Waals surface area contributed by atoms with E-state index in [0.717, 1.165) is 24.8 Å². The Balaban J connectivity index is 2.81. The maximum Gasteiger partial charge on any atom is 0.229 e. The summed E-state index contributed by atoms with van der Waals surface area (Å²) in [5.74, 6) is 1.25. The minimum absolute atomic E-state index is 0.401. The van der Waals surface area contributed by atoms with E-state index in [1.54, 1.807) is 6.07 Å². The number of hydrogen-bond donors (Lipinski definition) is 2. The zero-order chi connectivity index (χ0) is 16.0. The predicted molar refractivity (Wildman–Crippen MR) is 91.2 cm³/mol. The van der Waals surface area contributed by atoms with Gasteiger partial charge in [0.05, 0.1) is 11.9 Å². The largest absolute Gasteiger partial charge is 0.382 e. The van der Waals surface area contributed by atoms with Gasteiger partial charge in [0, 0.05) is 11.7 Å². The van der Waals surface area contributed by atoms with Gasteiger partial charge < -0.3 is 5.32 Å². The third kappa shape index (κ3) is 7.95. The van der Waals surface area contributed by atoms with Crippen LogP contribution in [-0.2, 0) is 10.0 Å². The van der Waals surface area contributed by atoms with Crippen molar-refractivity contribution in [3.05, 3.63) is 24.3 Å². The van der Waals surface area contributed by atoms with Gasteiger partial charge in [0.1, 0.15) is 0 Å². The van der Waals surface area contributed by atoms with Gasteiger partial charge in [-0.15, -0.1) is 0 Å². The lowest BCUT2D eigenvalue weighted by molar-refractivity contribution is 0.442.